The summed E-state index contributed by atoms with van der Waals surface area (Å²) < 4.78 is 0. The number of aryl methyl sites for hydroxylation is 2. The second kappa shape index (κ2) is 5.23. The Hall–Kier alpha value is -1.81. The van der Waals surface area contributed by atoms with E-state index in [1.165, 1.54) is 0 Å². The number of aromatic amines is 1. The van der Waals surface area contributed by atoms with Gasteiger partial charge in [-0.15, -0.1) is 0 Å². The molecule has 0 aliphatic rings. The lowest BCUT2D eigenvalue weighted by atomic mass is 10.0. The molecule has 1 unspecified atom stereocenters. The average molecular weight is 245 g/mol. The van der Waals surface area contributed by atoms with Crippen LogP contribution in [0, 0.1) is 13.8 Å². The highest BCUT2D eigenvalue weighted by Gasteiger charge is 2.11. The van der Waals surface area contributed by atoms with Crippen molar-refractivity contribution in [3.05, 3.63) is 46.8 Å². The molecule has 0 bridgehead atoms. The maximum atomic E-state index is 9.86. The molecule has 1 heterocycles. The summed E-state index contributed by atoms with van der Waals surface area (Å²) in [5.74, 6) is 0.338. The summed E-state index contributed by atoms with van der Waals surface area (Å²) >= 11 is 0. The number of aromatic nitrogens is 2. The molecule has 0 saturated carbocycles. The minimum Gasteiger partial charge on any atom is -0.508 e. The predicted octanol–water partition coefficient (Wildman–Crippen LogP) is 2.58. The molecule has 2 aromatic rings. The van der Waals surface area contributed by atoms with E-state index in [1.807, 2.05) is 39.1 Å². The van der Waals surface area contributed by atoms with E-state index >= 15 is 0 Å². The Morgan fingerprint density at radius 3 is 2.83 bits per heavy atom. The zero-order chi connectivity index (χ0) is 13.1. The smallest absolute Gasteiger partial charge is 0.120 e. The first-order valence-electron chi connectivity index (χ1n) is 6.09. The molecule has 1 aromatic carbocycles. The zero-order valence-corrected chi connectivity index (χ0v) is 11.0. The number of rotatable bonds is 4. The van der Waals surface area contributed by atoms with Crippen LogP contribution >= 0.6 is 0 Å². The van der Waals surface area contributed by atoms with Gasteiger partial charge in [0.1, 0.15) is 5.75 Å². The second-order valence-corrected chi connectivity index (χ2v) is 4.69. The number of nitrogens with one attached hydrogen (secondary N) is 2. The lowest BCUT2D eigenvalue weighted by Crippen LogP contribution is -2.18. The Morgan fingerprint density at radius 2 is 2.17 bits per heavy atom. The molecule has 4 nitrogen and oxygen atoms in total. The van der Waals surface area contributed by atoms with Crippen molar-refractivity contribution < 1.29 is 5.11 Å². The summed E-state index contributed by atoms with van der Waals surface area (Å²) in [7, 11) is 0. The first-order valence-corrected chi connectivity index (χ1v) is 6.09. The molecule has 1 aromatic heterocycles. The summed E-state index contributed by atoms with van der Waals surface area (Å²) in [5, 5.41) is 20.2. The van der Waals surface area contributed by atoms with Gasteiger partial charge in [-0.1, -0.05) is 17.7 Å². The molecule has 18 heavy (non-hydrogen) atoms. The Labute approximate surface area is 107 Å². The third kappa shape index (κ3) is 2.71. The van der Waals surface area contributed by atoms with Gasteiger partial charge in [0.15, 0.2) is 0 Å². The number of hydrogen-bond acceptors (Lipinski definition) is 3. The topological polar surface area (TPSA) is 60.9 Å². The maximum absolute atomic E-state index is 9.86. The number of aromatic hydroxyl groups is 1. The van der Waals surface area contributed by atoms with Crippen LogP contribution in [0.1, 0.15) is 35.3 Å². The fraction of sp³-hybridized carbons (Fsp3) is 0.357. The Balaban J connectivity index is 2.06. The van der Waals surface area contributed by atoms with Crippen LogP contribution in [0.15, 0.2) is 24.4 Å². The molecule has 4 heteroatoms. The summed E-state index contributed by atoms with van der Waals surface area (Å²) in [6.07, 6.45) is 1.82. The first kappa shape index (κ1) is 12.6. The van der Waals surface area contributed by atoms with Crippen LogP contribution in [0.5, 0.6) is 5.75 Å². The quantitative estimate of drug-likeness (QED) is 0.776. The third-order valence-electron chi connectivity index (χ3n) is 3.18. The Morgan fingerprint density at radius 1 is 1.39 bits per heavy atom. The number of H-pyrrole nitrogens is 1. The SMILES string of the molecule is Cc1ccc(O)c(C(C)NCc2cn[nH]c2C)c1. The highest BCUT2D eigenvalue weighted by Crippen LogP contribution is 2.25. The molecule has 0 saturated heterocycles. The highest BCUT2D eigenvalue weighted by atomic mass is 16.3. The standard InChI is InChI=1S/C14H19N3O/c1-9-4-5-14(18)13(6-9)11(3)15-7-12-8-16-17-10(12)2/h4-6,8,11,15,18H,7H2,1-3H3,(H,16,17). The molecule has 96 valence electrons. The maximum Gasteiger partial charge on any atom is 0.120 e. The molecule has 2 rings (SSSR count). The monoisotopic (exact) mass is 245 g/mol. The summed E-state index contributed by atoms with van der Waals surface area (Å²) in [6.45, 7) is 6.80. The van der Waals surface area contributed by atoms with Crippen molar-refractivity contribution in [1.82, 2.24) is 15.5 Å². The molecule has 0 amide bonds. The van der Waals surface area contributed by atoms with Crippen LogP contribution in [-0.4, -0.2) is 15.3 Å². The minimum absolute atomic E-state index is 0.0965. The van der Waals surface area contributed by atoms with Gasteiger partial charge < -0.3 is 10.4 Å². The van der Waals surface area contributed by atoms with Crippen LogP contribution in [0.25, 0.3) is 0 Å². The van der Waals surface area contributed by atoms with E-state index in [0.29, 0.717) is 5.75 Å². The van der Waals surface area contributed by atoms with Crippen LogP contribution < -0.4 is 5.32 Å². The molecule has 3 N–H and O–H groups in total. The summed E-state index contributed by atoms with van der Waals surface area (Å²) in [4.78, 5) is 0. The van der Waals surface area contributed by atoms with E-state index in [0.717, 1.165) is 28.9 Å². The van der Waals surface area contributed by atoms with E-state index in [1.54, 1.807) is 6.07 Å². The van der Waals surface area contributed by atoms with Crippen LogP contribution in [0.4, 0.5) is 0 Å². The van der Waals surface area contributed by atoms with Gasteiger partial charge in [0.2, 0.25) is 0 Å². The number of benzene rings is 1. The molecule has 1 atom stereocenters. The van der Waals surface area contributed by atoms with Crippen molar-refractivity contribution in [2.45, 2.75) is 33.4 Å². The van der Waals surface area contributed by atoms with Gasteiger partial charge in [0.25, 0.3) is 0 Å². The molecular formula is C14H19N3O. The molecule has 0 fully saturated rings. The minimum atomic E-state index is 0.0965. The van der Waals surface area contributed by atoms with Gasteiger partial charge in [0.05, 0.1) is 6.20 Å². The van der Waals surface area contributed by atoms with E-state index in [4.69, 9.17) is 0 Å². The van der Waals surface area contributed by atoms with Crippen molar-refractivity contribution in [1.29, 1.82) is 0 Å². The zero-order valence-electron chi connectivity index (χ0n) is 11.0. The molecule has 0 aliphatic heterocycles. The van der Waals surface area contributed by atoms with Gasteiger partial charge in [-0.05, 0) is 26.8 Å². The van der Waals surface area contributed by atoms with E-state index in [9.17, 15) is 5.11 Å². The third-order valence-corrected chi connectivity index (χ3v) is 3.18. The van der Waals surface area contributed by atoms with Crippen molar-refractivity contribution in [3.8, 4) is 5.75 Å². The average Bonchev–Trinajstić information content (AvgIpc) is 2.75. The van der Waals surface area contributed by atoms with E-state index in [2.05, 4.69) is 15.5 Å². The number of hydrogen-bond donors (Lipinski definition) is 3. The summed E-state index contributed by atoms with van der Waals surface area (Å²) in [6, 6.07) is 5.76. The molecule has 0 aliphatic carbocycles. The first-order chi connectivity index (χ1) is 8.58. The van der Waals surface area contributed by atoms with Gasteiger partial charge in [-0.2, -0.15) is 5.10 Å². The largest absolute Gasteiger partial charge is 0.508 e. The number of phenolic OH excluding ortho intramolecular Hbond substituents is 1. The predicted molar refractivity (Wildman–Crippen MR) is 71.4 cm³/mol. The second-order valence-electron chi connectivity index (χ2n) is 4.69. The van der Waals surface area contributed by atoms with E-state index < -0.39 is 0 Å². The van der Waals surface area contributed by atoms with Crippen molar-refractivity contribution in [2.75, 3.05) is 0 Å². The van der Waals surface area contributed by atoms with Gasteiger partial charge >= 0.3 is 0 Å². The fourth-order valence-electron chi connectivity index (χ4n) is 1.95. The molecule has 0 spiro atoms. The van der Waals surface area contributed by atoms with Gasteiger partial charge in [-0.25, -0.2) is 0 Å². The van der Waals surface area contributed by atoms with E-state index in [-0.39, 0.29) is 6.04 Å². The lowest BCUT2D eigenvalue weighted by molar-refractivity contribution is 0.452. The highest BCUT2D eigenvalue weighted by molar-refractivity contribution is 5.37. The molecule has 0 radical (unpaired) electrons. The van der Waals surface area contributed by atoms with Crippen LogP contribution in [0.3, 0.4) is 0 Å². The normalized spacial score (nSPS) is 12.6. The number of phenols is 1. The van der Waals surface area contributed by atoms with Crippen LogP contribution in [0.2, 0.25) is 0 Å². The van der Waals surface area contributed by atoms with Gasteiger partial charge in [-0.3, -0.25) is 5.10 Å². The number of nitrogens with zero attached hydrogens (tertiary/aromatic N) is 1. The molecular weight excluding hydrogens is 226 g/mol. The Bertz CT molecular complexity index is 534. The van der Waals surface area contributed by atoms with Crippen molar-refractivity contribution in [3.63, 3.8) is 0 Å². The lowest BCUT2D eigenvalue weighted by Gasteiger charge is -2.16. The van der Waals surface area contributed by atoms with Crippen molar-refractivity contribution in [2.24, 2.45) is 0 Å². The fourth-order valence-corrected chi connectivity index (χ4v) is 1.95. The van der Waals surface area contributed by atoms with Crippen LogP contribution in [-0.2, 0) is 6.54 Å². The van der Waals surface area contributed by atoms with Crippen molar-refractivity contribution >= 4 is 0 Å². The Kier molecular flexibility index (Phi) is 3.67. The summed E-state index contributed by atoms with van der Waals surface area (Å²) in [5.41, 5.74) is 4.30. The van der Waals surface area contributed by atoms with Gasteiger partial charge in [0, 0.05) is 29.4 Å².